The van der Waals surface area contributed by atoms with Crippen molar-refractivity contribution in [2.45, 2.75) is 83.9 Å². The first kappa shape index (κ1) is 5.90. The monoisotopic (exact) mass is 409 g/mol. The van der Waals surface area contributed by atoms with Crippen molar-refractivity contribution in [3.05, 3.63) is 46.7 Å². The minimum Gasteiger partial charge on any atom is -0.422 e. The van der Waals surface area contributed by atoms with E-state index < -0.39 is 117 Å². The third-order valence-corrected chi connectivity index (χ3v) is 3.07. The van der Waals surface area contributed by atoms with E-state index in [-0.39, 0.29) is 0 Å². The number of hydrogen-bond donors (Lipinski definition) is 0. The molecule has 0 heterocycles. The van der Waals surface area contributed by atoms with Gasteiger partial charge in [-0.25, -0.2) is 0 Å². The number of carbonyl (C=O) groups excluding carboxylic acids is 3. The van der Waals surface area contributed by atoms with Crippen molar-refractivity contribution in [1.29, 1.82) is 0 Å². The summed E-state index contributed by atoms with van der Waals surface area (Å²) >= 11 is 0. The zero-order chi connectivity index (χ0) is 42.6. The van der Waals surface area contributed by atoms with Gasteiger partial charge in [0.25, 0.3) is 0 Å². The van der Waals surface area contributed by atoms with E-state index in [9.17, 15) is 14.4 Å². The first-order valence-electron chi connectivity index (χ1n) is 20.1. The van der Waals surface area contributed by atoms with E-state index in [0.29, 0.717) is 6.92 Å². The first-order chi connectivity index (χ1) is 23.0. The predicted octanol–water partition coefficient (Wildman–Crippen LogP) is 6.19. The molecule has 0 unspecified atom stereocenters. The summed E-state index contributed by atoms with van der Waals surface area (Å²) in [6, 6.07) is 4.40. The molecule has 152 valence electrons. The maximum Gasteiger partial charge on any atom is 0.308 e. The zero-order valence-electron chi connectivity index (χ0n) is 39.4. The Labute approximate surface area is 203 Å². The second-order valence-corrected chi connectivity index (χ2v) is 4.88. The normalized spacial score (nSPS) is 33.0. The lowest BCUT2D eigenvalue weighted by molar-refractivity contribution is -0.136. The minimum atomic E-state index is -5.00. The van der Waals surface area contributed by atoms with Gasteiger partial charge in [-0.15, -0.1) is 0 Å². The predicted molar refractivity (Wildman–Crippen MR) is 110 cm³/mol. The van der Waals surface area contributed by atoms with Gasteiger partial charge in [-0.3, -0.25) is 14.4 Å². The number of Topliss-reactive ketones (excluding diaryl/α,β-unsaturated/α-hetero) is 2. The number of carbonyl (C=O) groups is 3. The van der Waals surface area contributed by atoms with Crippen LogP contribution in [0, 0.1) is 0 Å². The van der Waals surface area contributed by atoms with E-state index in [1.807, 2.05) is 0 Å². The topological polar surface area (TPSA) is 60.4 Å². The van der Waals surface area contributed by atoms with Crippen LogP contribution in [0.1, 0.15) is 139 Å². The lowest BCUT2D eigenvalue weighted by Gasteiger charge is -2.20. The summed E-state index contributed by atoms with van der Waals surface area (Å²) < 4.78 is 208. The lowest BCUT2D eigenvalue weighted by atomic mass is 9.86. The molecule has 2 rings (SSSR count). The number of allylic oxidation sites excluding steroid dienone is 2. The molecule has 0 aromatic heterocycles. The molecule has 0 atom stereocenters. The maximum absolute atomic E-state index is 13.6. The van der Waals surface area contributed by atoms with Crippen molar-refractivity contribution in [2.24, 2.45) is 0 Å². The molecule has 0 fully saturated rings. The zero-order valence-corrected chi connectivity index (χ0v) is 14.4. The van der Waals surface area contributed by atoms with Gasteiger partial charge in [0.1, 0.15) is 0 Å². The Morgan fingerprint density at radius 1 is 0.893 bits per heavy atom. The number of hydrogen-bond acceptors (Lipinski definition) is 4. The molecule has 0 aliphatic heterocycles. The molecule has 0 amide bonds. The Bertz CT molecular complexity index is 1700. The first-order valence-corrected chi connectivity index (χ1v) is 7.60. The lowest BCUT2D eigenvalue weighted by Crippen LogP contribution is -2.24. The van der Waals surface area contributed by atoms with Crippen LogP contribution >= 0.6 is 0 Å². The van der Waals surface area contributed by atoms with Crippen LogP contribution in [0.2, 0.25) is 0 Å². The number of fused-ring (bicyclic) bond motifs is 1. The number of rotatable bonds is 12. The third kappa shape index (κ3) is 6.15. The molecule has 4 heteroatoms. The van der Waals surface area contributed by atoms with Crippen molar-refractivity contribution in [2.75, 3.05) is 0 Å². The minimum absolute atomic E-state index is 0.482. The average molecular weight is 410 g/mol. The van der Waals surface area contributed by atoms with Crippen LogP contribution in [0.4, 0.5) is 0 Å². The molecule has 1 aliphatic rings. The fourth-order valence-electron chi connectivity index (χ4n) is 2.05. The Morgan fingerprint density at radius 3 is 2.00 bits per heavy atom. The van der Waals surface area contributed by atoms with Gasteiger partial charge in [0.15, 0.2) is 11.5 Å². The summed E-state index contributed by atoms with van der Waals surface area (Å²) in [5.74, 6) is -5.82. The van der Waals surface area contributed by atoms with Gasteiger partial charge < -0.3 is 4.74 Å². The summed E-state index contributed by atoms with van der Waals surface area (Å²) in [5, 5.41) is 0. The number of benzene rings is 1. The summed E-state index contributed by atoms with van der Waals surface area (Å²) in [7, 11) is 0. The molecule has 0 spiro atoms. The molecule has 0 radical (unpaired) electrons. The van der Waals surface area contributed by atoms with Crippen LogP contribution in [-0.4, -0.2) is 17.5 Å². The second kappa shape index (κ2) is 11.6. The van der Waals surface area contributed by atoms with Gasteiger partial charge in [-0.05, 0) is 12.7 Å². The Hall–Kier alpha value is -2.23. The van der Waals surface area contributed by atoms with Crippen molar-refractivity contribution in [3.8, 4) is 0 Å². The summed E-state index contributed by atoms with van der Waals surface area (Å²) in [6.45, 7) is -3.39. The van der Waals surface area contributed by atoms with Gasteiger partial charge in [0.05, 0.1) is 0 Å². The molecule has 0 N–H and O–H groups in total. The smallest absolute Gasteiger partial charge is 0.308 e. The van der Waals surface area contributed by atoms with Crippen LogP contribution < -0.4 is 0 Å². The highest BCUT2D eigenvalue weighted by atomic mass is 16.5. The molecule has 1 aromatic rings. The van der Waals surface area contributed by atoms with Gasteiger partial charge >= 0.3 is 5.97 Å². The molecule has 4 nitrogen and oxygen atoms in total. The van der Waals surface area contributed by atoms with E-state index in [0.717, 1.165) is 12.1 Å². The summed E-state index contributed by atoms with van der Waals surface area (Å²) in [5.41, 5.74) is -2.80. The summed E-state index contributed by atoms with van der Waals surface area (Å²) in [4.78, 5) is 38.7. The van der Waals surface area contributed by atoms with E-state index in [1.54, 1.807) is 0 Å². The van der Waals surface area contributed by atoms with Gasteiger partial charge in [-0.2, -0.15) is 0 Å². The molecule has 0 bridgehead atoms. The Kier molecular flexibility index (Phi) is 2.44. The Balaban J connectivity index is 2.88. The molecular formula is C24H32O4. The van der Waals surface area contributed by atoms with Crippen LogP contribution in [0.5, 0.6) is 0 Å². The van der Waals surface area contributed by atoms with Crippen molar-refractivity contribution in [1.82, 2.24) is 0 Å². The van der Waals surface area contributed by atoms with Crippen LogP contribution in [0.3, 0.4) is 0 Å². The highest BCUT2D eigenvalue weighted by Crippen LogP contribution is 2.30. The van der Waals surface area contributed by atoms with Crippen molar-refractivity contribution < 1.29 is 53.4 Å². The summed E-state index contributed by atoms with van der Waals surface area (Å²) in [6.07, 6.45) is -52.4. The molecule has 0 saturated heterocycles. The molecular weight excluding hydrogens is 352 g/mol. The van der Waals surface area contributed by atoms with E-state index in [2.05, 4.69) is 0 Å². The third-order valence-electron chi connectivity index (χ3n) is 3.07. The molecule has 1 aromatic carbocycles. The van der Waals surface area contributed by atoms with E-state index in [1.165, 1.54) is 12.1 Å². The number of ketones is 2. The van der Waals surface area contributed by atoms with Crippen molar-refractivity contribution >= 4 is 17.5 Å². The average Bonchev–Trinajstić information content (AvgIpc) is 2.97. The molecule has 0 saturated carbocycles. The maximum atomic E-state index is 13.6. The number of esters is 1. The number of ether oxygens (including phenoxy) is 1. The largest absolute Gasteiger partial charge is 0.422 e. The fourth-order valence-corrected chi connectivity index (χ4v) is 2.05. The van der Waals surface area contributed by atoms with Crippen molar-refractivity contribution in [3.63, 3.8) is 0 Å². The second-order valence-electron chi connectivity index (χ2n) is 4.88. The van der Waals surface area contributed by atoms with Gasteiger partial charge in [-0.1, -0.05) is 88.5 Å². The quantitative estimate of drug-likeness (QED) is 0.386. The highest BCUT2D eigenvalue weighted by molar-refractivity contribution is 6.26. The van der Waals surface area contributed by atoms with Gasteiger partial charge in [0, 0.05) is 57.9 Å². The fraction of sp³-hybridized carbons (Fsp3) is 0.542. The van der Waals surface area contributed by atoms with E-state index >= 15 is 0 Å². The van der Waals surface area contributed by atoms with Crippen LogP contribution in [0.15, 0.2) is 35.6 Å². The highest BCUT2D eigenvalue weighted by Gasteiger charge is 2.33. The SMILES string of the molecule is [2H]C([2H])([2H])C([2H])([2H])C([2H])([2H])C([2H])([2H])C([2H])([2H])C([2H])([2H])C([2H])([2H])C([2H])([2H])C([2H])([2H])C([2H])([2H])C([2H])([2H])C([2H])([2H])C1=C(OC(C)=O)C(=O)c2ccccc2C1=O. The molecule has 28 heavy (non-hydrogen) atoms. The molecule has 1 aliphatic carbocycles. The van der Waals surface area contributed by atoms with Gasteiger partial charge in [0.2, 0.25) is 5.78 Å². The Morgan fingerprint density at radius 2 is 1.43 bits per heavy atom. The van der Waals surface area contributed by atoms with E-state index in [4.69, 9.17) is 39.0 Å². The standard InChI is InChI=1S/C24H32O4/c1-3-4-5-6-7-8-9-10-11-12-17-21-22(26)19-15-13-14-16-20(19)23(27)24(21)28-18(2)25/h13-16H,3-12,17H2,1-2H3/i1D3,3D2,4D2,5D2,6D2,7D2,8D2,9D2,10D2,11D2,12D2,17D2. The van der Waals surface area contributed by atoms with Crippen LogP contribution in [-0.2, 0) is 9.53 Å². The van der Waals surface area contributed by atoms with Crippen LogP contribution in [0.25, 0.3) is 0 Å².